The van der Waals surface area contributed by atoms with Crippen LogP contribution in [0.2, 0.25) is 0 Å². The van der Waals surface area contributed by atoms with Gasteiger partial charge in [-0.2, -0.15) is 0 Å². The zero-order valence-electron chi connectivity index (χ0n) is 22.8. The number of carbonyl (C=O) groups is 3. The van der Waals surface area contributed by atoms with E-state index in [9.17, 15) is 14.4 Å². The average Bonchev–Trinajstić information content (AvgIpc) is 3.37. The van der Waals surface area contributed by atoms with E-state index in [0.717, 1.165) is 11.8 Å². The summed E-state index contributed by atoms with van der Waals surface area (Å²) >= 11 is 0. The van der Waals surface area contributed by atoms with Gasteiger partial charge in [0.1, 0.15) is 36.5 Å². The first-order valence-corrected chi connectivity index (χ1v) is 12.9. The average molecular weight is 539 g/mol. The number of esters is 1. The lowest BCUT2D eigenvalue weighted by Crippen LogP contribution is -2.52. The van der Waals surface area contributed by atoms with Crippen molar-refractivity contribution in [2.75, 3.05) is 39.1 Å². The number of methoxy groups -OCH3 is 2. The summed E-state index contributed by atoms with van der Waals surface area (Å²) in [6, 6.07) is 12.1. The van der Waals surface area contributed by atoms with Gasteiger partial charge in [0.05, 0.1) is 37.4 Å². The van der Waals surface area contributed by atoms with E-state index in [4.69, 9.17) is 23.7 Å². The van der Waals surface area contributed by atoms with Crippen LogP contribution in [0.5, 0.6) is 5.75 Å². The summed E-state index contributed by atoms with van der Waals surface area (Å²) in [4.78, 5) is 42.6. The first-order chi connectivity index (χ1) is 18.6. The molecule has 2 fully saturated rings. The summed E-state index contributed by atoms with van der Waals surface area (Å²) in [5.41, 5.74) is 0.710. The number of ether oxygens (including phenoxy) is 5. The monoisotopic (exact) mass is 538 g/mol. The number of hydrogen-bond acceptors (Lipinski definition) is 9. The Balaban J connectivity index is 1.58. The third kappa shape index (κ3) is 4.72. The van der Waals surface area contributed by atoms with Crippen LogP contribution in [0, 0.1) is 0 Å². The summed E-state index contributed by atoms with van der Waals surface area (Å²) in [6.07, 6.45) is 0.467. The zero-order chi connectivity index (χ0) is 27.9. The standard InChI is InChI=1S/C29H34N2O8/c1-28(2,3)39-27(34)31-21-13-30-20-11-19(26(33)36-5)12-22(38-14-18-9-7-6-8-10-18)23(20)29(15-32,16-37-17-35-4)25(30)24(21)31/h6-12,15,21,24-25H,13-14,16-17H2,1-5H3/t21-,24-,25+,29-,31?/m0/s1. The normalized spacial score (nSPS) is 24.5. The van der Waals surface area contributed by atoms with E-state index in [0.29, 0.717) is 29.1 Å². The van der Waals surface area contributed by atoms with Crippen molar-refractivity contribution in [2.24, 2.45) is 0 Å². The number of fused-ring (bicyclic) bond motifs is 5. The second-order valence-electron chi connectivity index (χ2n) is 11.1. The molecule has 5 rings (SSSR count). The molecule has 208 valence electrons. The highest BCUT2D eigenvalue weighted by Crippen LogP contribution is 2.59. The SMILES string of the molecule is COCOC[C@@]1(C=O)c2c(OCc3ccccc3)cc(C(=O)OC)cc2N2C[C@H]3[C@@H]([C@@H]21)N3C(=O)OC(C)(C)C. The van der Waals surface area contributed by atoms with Crippen molar-refractivity contribution in [2.45, 2.75) is 56.5 Å². The fourth-order valence-corrected chi connectivity index (χ4v) is 5.90. The molecule has 0 N–H and O–H groups in total. The molecule has 2 aromatic rings. The van der Waals surface area contributed by atoms with Gasteiger partial charge in [-0.15, -0.1) is 0 Å². The van der Waals surface area contributed by atoms with Crippen LogP contribution in [-0.4, -0.2) is 81.1 Å². The van der Waals surface area contributed by atoms with Crippen LogP contribution in [0.4, 0.5) is 10.5 Å². The maximum absolute atomic E-state index is 13.2. The minimum atomic E-state index is -1.19. The molecule has 0 saturated carbocycles. The molecule has 10 heteroatoms. The Kier molecular flexibility index (Phi) is 7.02. The summed E-state index contributed by atoms with van der Waals surface area (Å²) in [5.74, 6) is -0.127. The number of aldehydes is 1. The van der Waals surface area contributed by atoms with Crippen LogP contribution in [0.15, 0.2) is 42.5 Å². The lowest BCUT2D eigenvalue weighted by atomic mass is 9.76. The summed E-state index contributed by atoms with van der Waals surface area (Å²) in [5, 5.41) is 0. The van der Waals surface area contributed by atoms with Crippen molar-refractivity contribution in [3.05, 3.63) is 59.2 Å². The molecule has 0 spiro atoms. The molecular formula is C29H34N2O8. The molecular weight excluding hydrogens is 504 g/mol. The highest BCUT2D eigenvalue weighted by atomic mass is 16.7. The van der Waals surface area contributed by atoms with Gasteiger partial charge in [0.25, 0.3) is 0 Å². The minimum Gasteiger partial charge on any atom is -0.488 e. The number of anilines is 1. The van der Waals surface area contributed by atoms with Crippen molar-refractivity contribution in [1.82, 2.24) is 4.90 Å². The zero-order valence-corrected chi connectivity index (χ0v) is 22.8. The van der Waals surface area contributed by atoms with E-state index in [1.807, 2.05) is 51.1 Å². The maximum Gasteiger partial charge on any atom is 0.411 e. The number of benzene rings is 2. The Bertz CT molecular complexity index is 1260. The van der Waals surface area contributed by atoms with Crippen LogP contribution in [0.25, 0.3) is 0 Å². The Hall–Kier alpha value is -3.63. The van der Waals surface area contributed by atoms with Crippen molar-refractivity contribution in [1.29, 1.82) is 0 Å². The molecule has 4 atom stereocenters. The van der Waals surface area contributed by atoms with Gasteiger partial charge in [-0.05, 0) is 38.5 Å². The Morgan fingerprint density at radius 3 is 2.51 bits per heavy atom. The number of nitrogens with zero attached hydrogens (tertiary/aromatic N) is 2. The Morgan fingerprint density at radius 1 is 1.13 bits per heavy atom. The van der Waals surface area contributed by atoms with Gasteiger partial charge in [0.15, 0.2) is 0 Å². The topological polar surface area (TPSA) is 104 Å². The van der Waals surface area contributed by atoms with Gasteiger partial charge in [-0.1, -0.05) is 30.3 Å². The molecule has 3 heterocycles. The third-order valence-corrected chi connectivity index (χ3v) is 7.43. The van der Waals surface area contributed by atoms with Crippen LogP contribution < -0.4 is 9.64 Å². The predicted molar refractivity (Wildman–Crippen MR) is 141 cm³/mol. The van der Waals surface area contributed by atoms with Gasteiger partial charge < -0.3 is 33.4 Å². The largest absolute Gasteiger partial charge is 0.488 e. The van der Waals surface area contributed by atoms with Gasteiger partial charge in [0.2, 0.25) is 0 Å². The molecule has 0 bridgehead atoms. The molecule has 0 radical (unpaired) electrons. The summed E-state index contributed by atoms with van der Waals surface area (Å²) < 4.78 is 27.9. The predicted octanol–water partition coefficient (Wildman–Crippen LogP) is 3.30. The third-order valence-electron chi connectivity index (χ3n) is 7.43. The van der Waals surface area contributed by atoms with Crippen molar-refractivity contribution in [3.8, 4) is 5.75 Å². The van der Waals surface area contributed by atoms with E-state index in [1.54, 1.807) is 17.0 Å². The van der Waals surface area contributed by atoms with Gasteiger partial charge in [0, 0.05) is 24.9 Å². The molecule has 3 aliphatic rings. The molecule has 39 heavy (non-hydrogen) atoms. The lowest BCUT2D eigenvalue weighted by molar-refractivity contribution is -0.118. The smallest absolute Gasteiger partial charge is 0.411 e. The van der Waals surface area contributed by atoms with E-state index in [2.05, 4.69) is 4.90 Å². The lowest BCUT2D eigenvalue weighted by Gasteiger charge is -2.34. The molecule has 0 aromatic heterocycles. The fourth-order valence-electron chi connectivity index (χ4n) is 5.90. The number of amides is 1. The van der Waals surface area contributed by atoms with Gasteiger partial charge >= 0.3 is 12.1 Å². The molecule has 2 aromatic carbocycles. The molecule has 10 nitrogen and oxygen atoms in total. The first-order valence-electron chi connectivity index (χ1n) is 12.9. The number of rotatable bonds is 9. The van der Waals surface area contributed by atoms with Crippen LogP contribution >= 0.6 is 0 Å². The number of piperazine rings is 1. The van der Waals surface area contributed by atoms with Crippen LogP contribution in [0.3, 0.4) is 0 Å². The van der Waals surface area contributed by atoms with Gasteiger partial charge in [-0.25, -0.2) is 9.59 Å². The molecule has 0 aliphatic carbocycles. The second kappa shape index (κ2) is 10.2. The van der Waals surface area contributed by atoms with E-state index in [1.165, 1.54) is 14.2 Å². The first kappa shape index (κ1) is 27.0. The second-order valence-corrected chi connectivity index (χ2v) is 11.1. The van der Waals surface area contributed by atoms with Crippen molar-refractivity contribution < 1.29 is 38.1 Å². The highest BCUT2D eigenvalue weighted by Gasteiger charge is 2.72. The van der Waals surface area contributed by atoms with Crippen LogP contribution in [-0.2, 0) is 35.8 Å². The molecule has 2 saturated heterocycles. The maximum atomic E-state index is 13.2. The summed E-state index contributed by atoms with van der Waals surface area (Å²) in [7, 11) is 2.83. The quantitative estimate of drug-likeness (QED) is 0.156. The fraction of sp³-hybridized carbons (Fsp3) is 0.483. The van der Waals surface area contributed by atoms with E-state index < -0.39 is 29.1 Å². The summed E-state index contributed by atoms with van der Waals surface area (Å²) in [6.45, 7) is 6.16. The Labute approximate surface area is 227 Å². The van der Waals surface area contributed by atoms with Gasteiger partial charge in [-0.3, -0.25) is 4.90 Å². The Morgan fingerprint density at radius 2 is 1.87 bits per heavy atom. The molecule has 3 aliphatic heterocycles. The van der Waals surface area contributed by atoms with E-state index >= 15 is 0 Å². The minimum absolute atomic E-state index is 0.00313. The van der Waals surface area contributed by atoms with Crippen LogP contribution in [0.1, 0.15) is 42.3 Å². The van der Waals surface area contributed by atoms with Crippen molar-refractivity contribution in [3.63, 3.8) is 0 Å². The van der Waals surface area contributed by atoms with Crippen molar-refractivity contribution >= 4 is 24.0 Å². The van der Waals surface area contributed by atoms with E-state index in [-0.39, 0.29) is 32.1 Å². The number of hydrogen-bond donors (Lipinski definition) is 0. The number of carbonyl (C=O) groups excluding carboxylic acids is 3. The highest BCUT2D eigenvalue weighted by molar-refractivity contribution is 5.95. The molecule has 1 amide bonds. The molecule has 0 unspecified atom stereocenters.